The minimum atomic E-state index is -1.67. The minimum absolute atomic E-state index is 0.00132. The molecule has 6 amide bonds. The lowest BCUT2D eigenvalue weighted by Crippen LogP contribution is -2.72. The number of hydrogen-bond acceptors (Lipinski definition) is 18. The quantitative estimate of drug-likeness (QED) is 0.103. The Balaban J connectivity index is 0.698. The summed E-state index contributed by atoms with van der Waals surface area (Å²) in [5.74, 6) is -1.98. The number of hydrogen-bond donors (Lipinski definition) is 6. The fourth-order valence-corrected chi connectivity index (χ4v) is 15.5. The van der Waals surface area contributed by atoms with E-state index in [4.69, 9.17) is 34.2 Å². The second-order valence-electron chi connectivity index (χ2n) is 25.6. The number of amides is 6. The zero-order valence-electron chi connectivity index (χ0n) is 48.3. The van der Waals surface area contributed by atoms with Crippen LogP contribution in [0.15, 0.2) is 78.4 Å². The summed E-state index contributed by atoms with van der Waals surface area (Å²) in [5, 5.41) is 36.0. The molecule has 12 rings (SSSR count). The number of aliphatic hydroxyl groups excluding tert-OH is 3. The number of Topliss-reactive ketones (excluding diaryl/α,β-unsaturated/α-hetero) is 1. The van der Waals surface area contributed by atoms with Crippen molar-refractivity contribution >= 4 is 53.1 Å². The van der Waals surface area contributed by atoms with Gasteiger partial charge in [-0.15, -0.1) is 0 Å². The highest BCUT2D eigenvalue weighted by Crippen LogP contribution is 2.71. The summed E-state index contributed by atoms with van der Waals surface area (Å²) in [4.78, 5) is 107. The van der Waals surface area contributed by atoms with E-state index in [1.165, 1.54) is 53.2 Å². The van der Waals surface area contributed by atoms with Crippen LogP contribution in [-0.2, 0) is 65.5 Å². The molecule has 0 aromatic heterocycles. The predicted octanol–water partition coefficient (Wildman–Crippen LogP) is 3.66. The maximum absolute atomic E-state index is 15.1. The molecule has 7 aliphatic carbocycles. The molecule has 3 heterocycles. The van der Waals surface area contributed by atoms with Gasteiger partial charge in [-0.25, -0.2) is 9.59 Å². The molecule has 12 atom stereocenters. The average molecular weight is 1180 g/mol. The number of carbonyl (C=O) groups excluding carboxylic acids is 8. The van der Waals surface area contributed by atoms with Crippen molar-refractivity contribution in [3.63, 3.8) is 0 Å². The molecule has 2 saturated heterocycles. The van der Waals surface area contributed by atoms with Gasteiger partial charge in [0.1, 0.15) is 30.7 Å². The molecule has 10 aliphatic rings. The highest BCUT2D eigenvalue weighted by atomic mass is 16.7. The molecular weight excluding hydrogens is 1100 g/mol. The Hall–Kier alpha value is -6.86. The molecule has 456 valence electrons. The molecule has 3 aliphatic heterocycles. The molecule has 23 nitrogen and oxygen atoms in total. The SMILES string of the molecule is CN(CCN(C)C(=O)OCc1ccc(O[C@@H]2OC[C@@H](O)[C@H](O)[C@H]2O)c(NC(=O)CCNC(=O)CCN2C(=O)C=CC2=O)c1)C(=O)OCC(=O)[C@@]12O[C@H](c3ccc(CC45CC(N)(C4)C5)cc3)O[C@@H]1C[C@H]1[C@@H]3CCC4=CC(=O)C=C[C@]4(C)[C@H]3CC[C@@]12C. The number of carbonyl (C=O) groups is 8. The summed E-state index contributed by atoms with van der Waals surface area (Å²) in [7, 11) is 2.97. The standard InChI is InChI=1S/C62H76N6O17/c1-58-19-15-39(69)26-38(58)10-11-40-41(58)16-20-59(2)42(40)27-47-62(59,85-54(84-47)37-8-5-35(6-9-37)28-60-32-61(63,33-60)34-60)46(71)31-82-57(79)67(4)24-23-66(3)56(78)81-29-36-7-12-45(83-55-53(77)52(76)44(70)30-80-55)43(25-36)65-49(73)17-21-64-48(72)18-22-68-50(74)13-14-51(68)75/h5-9,12-15,19,25-26,40-42,44,47,52-55,70,76-77H,10-11,16-18,20-24,27-34,63H2,1-4H3,(H,64,72)(H,65,73)/t40-,41+,42+,44-,47-,52+,53-,54-,55+,58+,59+,60?,61?,62-/m1/s1. The van der Waals surface area contributed by atoms with E-state index in [0.29, 0.717) is 18.4 Å². The van der Waals surface area contributed by atoms with Crippen molar-refractivity contribution in [3.8, 4) is 5.75 Å². The zero-order chi connectivity index (χ0) is 60.4. The van der Waals surface area contributed by atoms with Crippen LogP contribution < -0.4 is 21.1 Å². The predicted molar refractivity (Wildman–Crippen MR) is 300 cm³/mol. The Morgan fingerprint density at radius 1 is 0.835 bits per heavy atom. The van der Waals surface area contributed by atoms with Crippen molar-refractivity contribution in [2.45, 2.75) is 139 Å². The van der Waals surface area contributed by atoms with E-state index in [0.717, 1.165) is 67.6 Å². The second-order valence-corrected chi connectivity index (χ2v) is 25.6. The first-order chi connectivity index (χ1) is 40.4. The first kappa shape index (κ1) is 59.9. The maximum Gasteiger partial charge on any atom is 0.409 e. The molecule has 8 fully saturated rings. The lowest BCUT2D eigenvalue weighted by atomic mass is 9.38. The van der Waals surface area contributed by atoms with Gasteiger partial charge in [0, 0.05) is 87.2 Å². The van der Waals surface area contributed by atoms with Gasteiger partial charge in [0.2, 0.25) is 23.9 Å². The van der Waals surface area contributed by atoms with E-state index >= 15 is 4.79 Å². The Labute approximate surface area is 492 Å². The Bertz CT molecular complexity index is 3090. The van der Waals surface area contributed by atoms with Gasteiger partial charge in [-0.2, -0.15) is 0 Å². The number of nitrogens with two attached hydrogens (primary N) is 1. The number of nitrogens with one attached hydrogen (secondary N) is 2. The second kappa shape index (κ2) is 23.1. The smallest absolute Gasteiger partial charge is 0.409 e. The van der Waals surface area contributed by atoms with Crippen molar-refractivity contribution < 1.29 is 82.1 Å². The Morgan fingerprint density at radius 3 is 2.24 bits per heavy atom. The van der Waals surface area contributed by atoms with E-state index in [1.54, 1.807) is 12.2 Å². The van der Waals surface area contributed by atoms with Crippen LogP contribution in [0, 0.1) is 34.0 Å². The summed E-state index contributed by atoms with van der Waals surface area (Å²) in [6.07, 6.45) is 6.15. The summed E-state index contributed by atoms with van der Waals surface area (Å²) < 4.78 is 36.6. The summed E-state index contributed by atoms with van der Waals surface area (Å²) >= 11 is 0. The number of anilines is 1. The van der Waals surface area contributed by atoms with Crippen LogP contribution in [0.1, 0.15) is 101 Å². The third-order valence-corrected chi connectivity index (χ3v) is 20.0. The number of benzene rings is 2. The number of ether oxygens (including phenoxy) is 6. The monoisotopic (exact) mass is 1180 g/mol. The lowest BCUT2D eigenvalue weighted by molar-refractivity contribution is -0.241. The zero-order valence-corrected chi connectivity index (χ0v) is 48.3. The van der Waals surface area contributed by atoms with Gasteiger partial charge in [0.15, 0.2) is 24.3 Å². The largest absolute Gasteiger partial charge is 0.460 e. The van der Waals surface area contributed by atoms with Crippen LogP contribution in [0.2, 0.25) is 0 Å². The Morgan fingerprint density at radius 2 is 1.53 bits per heavy atom. The van der Waals surface area contributed by atoms with Gasteiger partial charge >= 0.3 is 12.2 Å². The molecule has 0 radical (unpaired) electrons. The van der Waals surface area contributed by atoms with Crippen LogP contribution >= 0.6 is 0 Å². The highest BCUT2D eigenvalue weighted by Gasteiger charge is 2.75. The number of likely N-dealkylation sites (N-methyl/N-ethyl adjacent to an activating group) is 2. The number of fused-ring (bicyclic) bond motifs is 7. The van der Waals surface area contributed by atoms with E-state index < -0.39 is 90.4 Å². The molecular formula is C62H76N6O17. The van der Waals surface area contributed by atoms with E-state index in [2.05, 4.69) is 42.7 Å². The van der Waals surface area contributed by atoms with Crippen molar-refractivity contribution in [2.75, 3.05) is 58.8 Å². The Kier molecular flexibility index (Phi) is 16.3. The van der Waals surface area contributed by atoms with E-state index in [9.17, 15) is 48.9 Å². The van der Waals surface area contributed by atoms with Gasteiger partial charge in [0.05, 0.1) is 18.4 Å². The maximum atomic E-state index is 15.1. The normalized spacial score (nSPS) is 34.6. The number of nitrogens with zero attached hydrogens (tertiary/aromatic N) is 3. The van der Waals surface area contributed by atoms with Crippen LogP contribution in [0.4, 0.5) is 15.3 Å². The third-order valence-electron chi connectivity index (χ3n) is 20.0. The van der Waals surface area contributed by atoms with Crippen LogP contribution in [0.25, 0.3) is 0 Å². The lowest BCUT2D eigenvalue weighted by Gasteiger charge is -2.69. The van der Waals surface area contributed by atoms with Gasteiger partial charge in [-0.3, -0.25) is 33.7 Å². The van der Waals surface area contributed by atoms with Gasteiger partial charge < -0.3 is 69.9 Å². The van der Waals surface area contributed by atoms with Crippen LogP contribution in [-0.4, -0.2) is 173 Å². The van der Waals surface area contributed by atoms with E-state index in [1.807, 2.05) is 12.1 Å². The minimum Gasteiger partial charge on any atom is -0.460 e. The summed E-state index contributed by atoms with van der Waals surface area (Å²) in [6, 6.07) is 12.6. The van der Waals surface area contributed by atoms with Gasteiger partial charge in [-0.1, -0.05) is 55.8 Å². The molecule has 2 aromatic carbocycles. The number of ketones is 2. The molecule has 85 heavy (non-hydrogen) atoms. The first-order valence-electron chi connectivity index (χ1n) is 29.4. The summed E-state index contributed by atoms with van der Waals surface area (Å²) in [5.41, 5.74) is 7.91. The van der Waals surface area contributed by atoms with Gasteiger partial charge in [-0.05, 0) is 116 Å². The van der Waals surface area contributed by atoms with Gasteiger partial charge in [0.25, 0.3) is 11.8 Å². The number of aliphatic hydroxyl groups is 3. The molecule has 7 N–H and O–H groups in total. The number of imide groups is 1. The molecule has 0 spiro atoms. The fraction of sp³-hybridized carbons (Fsp3) is 0.581. The van der Waals surface area contributed by atoms with Crippen molar-refractivity contribution in [1.29, 1.82) is 0 Å². The highest BCUT2D eigenvalue weighted by molar-refractivity contribution is 6.13. The van der Waals surface area contributed by atoms with Crippen LogP contribution in [0.5, 0.6) is 5.75 Å². The molecule has 2 aromatic rings. The molecule has 2 bridgehead atoms. The fourth-order valence-electron chi connectivity index (χ4n) is 15.5. The number of rotatable bonds is 20. The molecule has 23 heteroatoms. The van der Waals surface area contributed by atoms with Crippen molar-refractivity contribution in [3.05, 3.63) is 95.1 Å². The van der Waals surface area contributed by atoms with E-state index in [-0.39, 0.29) is 109 Å². The first-order valence-corrected chi connectivity index (χ1v) is 29.4. The molecule has 0 unspecified atom stereocenters. The molecule has 6 saturated carbocycles. The number of allylic oxidation sites excluding steroid dienone is 4. The average Bonchev–Trinajstić information content (AvgIpc) is 1.66. The topological polar surface area (TPSA) is 312 Å². The third kappa shape index (κ3) is 11.3. The summed E-state index contributed by atoms with van der Waals surface area (Å²) in [6.45, 7) is 2.89. The van der Waals surface area contributed by atoms with Crippen molar-refractivity contribution in [2.24, 2.45) is 39.7 Å². The van der Waals surface area contributed by atoms with Crippen LogP contribution in [0.3, 0.4) is 0 Å². The van der Waals surface area contributed by atoms with Crippen molar-refractivity contribution in [1.82, 2.24) is 20.0 Å².